The van der Waals surface area contributed by atoms with Crippen LogP contribution in [0.1, 0.15) is 63.5 Å². The van der Waals surface area contributed by atoms with Gasteiger partial charge in [-0.3, -0.25) is 4.79 Å². The molecule has 9 heteroatoms. The van der Waals surface area contributed by atoms with Crippen molar-refractivity contribution in [3.8, 4) is 12.3 Å². The van der Waals surface area contributed by atoms with Gasteiger partial charge in [-0.15, -0.1) is 0 Å². The van der Waals surface area contributed by atoms with Gasteiger partial charge in [0, 0.05) is 45.2 Å². The third-order valence-corrected chi connectivity index (χ3v) is 7.58. The summed E-state index contributed by atoms with van der Waals surface area (Å²) in [7, 11) is 0. The molecule has 1 unspecified atom stereocenters. The van der Waals surface area contributed by atoms with E-state index in [2.05, 4.69) is 29.0 Å². The number of nitrogens with two attached hydrogens (primary N) is 1. The zero-order valence-corrected chi connectivity index (χ0v) is 22.3. The van der Waals surface area contributed by atoms with Crippen LogP contribution in [0.3, 0.4) is 0 Å². The first-order valence-electron chi connectivity index (χ1n) is 13.6. The number of amides is 3. The lowest BCUT2D eigenvalue weighted by Gasteiger charge is -2.31. The van der Waals surface area contributed by atoms with Crippen molar-refractivity contribution in [3.63, 3.8) is 0 Å². The molecule has 0 spiro atoms. The molecule has 0 radical (unpaired) electrons. The van der Waals surface area contributed by atoms with Gasteiger partial charge < -0.3 is 25.6 Å². The quantitative estimate of drug-likeness (QED) is 0.329. The van der Waals surface area contributed by atoms with Crippen LogP contribution in [-0.4, -0.2) is 66.4 Å². The maximum atomic E-state index is 12.7. The minimum atomic E-state index is -0.202. The molecule has 1 atom stereocenters. The molecule has 2 saturated heterocycles. The van der Waals surface area contributed by atoms with Gasteiger partial charge >= 0.3 is 6.03 Å². The lowest BCUT2D eigenvalue weighted by atomic mass is 9.92. The number of carbonyl (C=O) groups is 2. The van der Waals surface area contributed by atoms with Crippen molar-refractivity contribution in [1.82, 2.24) is 15.1 Å². The zero-order valence-electron chi connectivity index (χ0n) is 22.3. The number of hydrogen-bond acceptors (Lipinski definition) is 5. The summed E-state index contributed by atoms with van der Waals surface area (Å²) in [6.07, 6.45) is 7.11. The molecule has 3 heterocycles. The van der Waals surface area contributed by atoms with Gasteiger partial charge in [0.1, 0.15) is 11.6 Å². The van der Waals surface area contributed by atoms with Gasteiger partial charge in [0.05, 0.1) is 12.6 Å². The average molecular weight is 511 g/mol. The van der Waals surface area contributed by atoms with Crippen molar-refractivity contribution >= 4 is 17.8 Å². The lowest BCUT2D eigenvalue weighted by Crippen LogP contribution is -2.48. The van der Waals surface area contributed by atoms with E-state index in [4.69, 9.17) is 15.7 Å². The van der Waals surface area contributed by atoms with Gasteiger partial charge in [-0.05, 0) is 74.1 Å². The van der Waals surface area contributed by atoms with E-state index < -0.39 is 0 Å². The second-order valence-corrected chi connectivity index (χ2v) is 10.5. The molecule has 4 rings (SSSR count). The number of rotatable bonds is 7. The number of amidine groups is 1. The monoisotopic (exact) mass is 510 g/mol. The molecular formula is C28H42N6O3. The van der Waals surface area contributed by atoms with Crippen LogP contribution < -0.4 is 15.8 Å². The van der Waals surface area contributed by atoms with Crippen LogP contribution >= 0.6 is 0 Å². The average Bonchev–Trinajstić information content (AvgIpc) is 3.47. The van der Waals surface area contributed by atoms with Gasteiger partial charge in [-0.2, -0.15) is 4.99 Å². The van der Waals surface area contributed by atoms with E-state index in [0.717, 1.165) is 76.9 Å². The van der Waals surface area contributed by atoms with Crippen LogP contribution in [0, 0.1) is 23.7 Å². The molecule has 3 N–H and O–H groups in total. The molecule has 3 amide bonds. The summed E-state index contributed by atoms with van der Waals surface area (Å²) < 4.78 is 6.05. The van der Waals surface area contributed by atoms with E-state index in [9.17, 15) is 9.59 Å². The number of ether oxygens (including phenoxy) is 1. The molecule has 37 heavy (non-hydrogen) atoms. The third kappa shape index (κ3) is 7.93. The Kier molecular flexibility index (Phi) is 10.8. The van der Waals surface area contributed by atoms with Crippen molar-refractivity contribution in [2.24, 2.45) is 22.6 Å². The maximum absolute atomic E-state index is 12.7. The number of carbonyl (C=O) groups excluding carboxylic acids is 2. The summed E-state index contributed by atoms with van der Waals surface area (Å²) in [5.41, 5.74) is 8.30. The van der Waals surface area contributed by atoms with Crippen LogP contribution in [0.5, 0.6) is 5.75 Å². The van der Waals surface area contributed by atoms with Gasteiger partial charge in [0.15, 0.2) is 0 Å². The first-order valence-corrected chi connectivity index (χ1v) is 13.6. The largest absolute Gasteiger partial charge is 0.494 e. The molecule has 1 aromatic carbocycles. The SMILES string of the molecule is C#N.CC(C)/C(N)=N/C(=O)N1CCC(CCCOc2ccc3c(c2)CNC(C(=O)N2CCCC2)C3)CC1. The Morgan fingerprint density at radius 1 is 1.14 bits per heavy atom. The van der Waals surface area contributed by atoms with E-state index in [1.54, 1.807) is 0 Å². The summed E-state index contributed by atoms with van der Waals surface area (Å²) in [6.45, 7) is 12.1. The standard InChI is InChI=1S/C27H41N5O3.CHN/c1-19(2)25(28)30-27(34)32-13-9-20(10-14-32)6-5-15-35-23-8-7-21-17-24(29-18-22(21)16-23)26(33)31-11-3-4-12-31;1-2/h7-8,16,19-20,24,29H,3-6,9-15,17-18H2,1-2H3,(H2,28,30,34);1H. The van der Waals surface area contributed by atoms with Crippen molar-refractivity contribution in [1.29, 1.82) is 5.26 Å². The highest BCUT2D eigenvalue weighted by atomic mass is 16.5. The number of hydrogen-bond donors (Lipinski definition) is 2. The number of nitriles is 1. The molecule has 1 aromatic rings. The van der Waals surface area contributed by atoms with Crippen LogP contribution in [0.2, 0.25) is 0 Å². The fraction of sp³-hybridized carbons (Fsp3) is 0.643. The molecule has 0 aromatic heterocycles. The van der Waals surface area contributed by atoms with Crippen molar-refractivity contribution < 1.29 is 14.3 Å². The zero-order chi connectivity index (χ0) is 26.8. The van der Waals surface area contributed by atoms with E-state index >= 15 is 0 Å². The van der Waals surface area contributed by atoms with Gasteiger partial charge in [0.25, 0.3) is 0 Å². The van der Waals surface area contributed by atoms with Gasteiger partial charge in [0.2, 0.25) is 5.91 Å². The Balaban J connectivity index is 0.00000186. The highest BCUT2D eigenvalue weighted by Gasteiger charge is 2.29. The minimum absolute atomic E-state index is 0.0868. The highest BCUT2D eigenvalue weighted by molar-refractivity contribution is 5.93. The van der Waals surface area contributed by atoms with Crippen molar-refractivity contribution in [2.45, 2.75) is 71.4 Å². The number of benzene rings is 1. The molecule has 0 aliphatic carbocycles. The van der Waals surface area contributed by atoms with Crippen LogP contribution in [0.25, 0.3) is 0 Å². The van der Waals surface area contributed by atoms with Crippen LogP contribution in [0.4, 0.5) is 4.79 Å². The number of aliphatic imine (C=N–C) groups is 1. The number of fused-ring (bicyclic) bond motifs is 1. The maximum Gasteiger partial charge on any atom is 0.345 e. The third-order valence-electron chi connectivity index (χ3n) is 7.58. The van der Waals surface area contributed by atoms with Gasteiger partial charge in [-0.25, -0.2) is 10.1 Å². The Labute approximate surface area is 221 Å². The first kappa shape index (κ1) is 28.5. The molecule has 202 valence electrons. The number of nitrogens with zero attached hydrogens (tertiary/aromatic N) is 4. The summed E-state index contributed by atoms with van der Waals surface area (Å²) in [6, 6.07) is 5.97. The predicted molar refractivity (Wildman–Crippen MR) is 144 cm³/mol. The Bertz CT molecular complexity index is 962. The molecule has 0 bridgehead atoms. The molecular weight excluding hydrogens is 468 g/mol. The Morgan fingerprint density at radius 3 is 2.51 bits per heavy atom. The smallest absolute Gasteiger partial charge is 0.345 e. The fourth-order valence-corrected chi connectivity index (χ4v) is 5.20. The topological polar surface area (TPSA) is 124 Å². The van der Waals surface area contributed by atoms with E-state index in [1.165, 1.54) is 11.1 Å². The second-order valence-electron chi connectivity index (χ2n) is 10.5. The summed E-state index contributed by atoms with van der Waals surface area (Å²) in [5, 5.41) is 9.93. The Hall–Kier alpha value is -3.12. The van der Waals surface area contributed by atoms with Crippen LogP contribution in [0.15, 0.2) is 23.2 Å². The summed E-state index contributed by atoms with van der Waals surface area (Å²) in [5.74, 6) is 2.25. The minimum Gasteiger partial charge on any atom is -0.494 e. The molecule has 3 aliphatic rings. The van der Waals surface area contributed by atoms with E-state index in [1.807, 2.05) is 29.7 Å². The summed E-state index contributed by atoms with van der Waals surface area (Å²) in [4.78, 5) is 32.8. The second kappa shape index (κ2) is 14.0. The normalized spacial score (nSPS) is 20.2. The number of urea groups is 1. The molecule has 9 nitrogen and oxygen atoms in total. The number of nitrogens with one attached hydrogen (secondary N) is 1. The van der Waals surface area contributed by atoms with E-state index in [-0.39, 0.29) is 23.9 Å². The predicted octanol–water partition coefficient (Wildman–Crippen LogP) is 3.47. The number of likely N-dealkylation sites (tertiary alicyclic amines) is 2. The summed E-state index contributed by atoms with van der Waals surface area (Å²) >= 11 is 0. The van der Waals surface area contributed by atoms with Crippen LogP contribution in [-0.2, 0) is 17.8 Å². The fourth-order valence-electron chi connectivity index (χ4n) is 5.20. The van der Waals surface area contributed by atoms with Crippen molar-refractivity contribution in [3.05, 3.63) is 29.3 Å². The Morgan fingerprint density at radius 2 is 1.84 bits per heavy atom. The molecule has 2 fully saturated rings. The van der Waals surface area contributed by atoms with E-state index in [0.29, 0.717) is 24.9 Å². The first-order chi connectivity index (χ1) is 17.9. The lowest BCUT2D eigenvalue weighted by molar-refractivity contribution is -0.132. The molecule has 3 aliphatic heterocycles. The molecule has 0 saturated carbocycles. The van der Waals surface area contributed by atoms with Crippen molar-refractivity contribution in [2.75, 3.05) is 32.8 Å². The highest BCUT2D eigenvalue weighted by Crippen LogP contribution is 2.25. The van der Waals surface area contributed by atoms with Gasteiger partial charge in [-0.1, -0.05) is 19.9 Å². The number of piperidine rings is 1.